The van der Waals surface area contributed by atoms with Gasteiger partial charge in [0, 0.05) is 10.6 Å². The van der Waals surface area contributed by atoms with Crippen molar-refractivity contribution in [1.29, 1.82) is 0 Å². The van der Waals surface area contributed by atoms with Crippen LogP contribution in [-0.4, -0.2) is 6.54 Å². The van der Waals surface area contributed by atoms with Crippen LogP contribution in [0, 0.1) is 13.8 Å². The lowest BCUT2D eigenvalue weighted by Gasteiger charge is -2.11. The van der Waals surface area contributed by atoms with Crippen LogP contribution in [0.3, 0.4) is 0 Å². The van der Waals surface area contributed by atoms with E-state index in [9.17, 15) is 0 Å². The minimum Gasteiger partial charge on any atom is -0.330 e. The fourth-order valence-corrected chi connectivity index (χ4v) is 3.77. The number of hydrogen-bond donors (Lipinski definition) is 1. The number of aryl methyl sites for hydroxylation is 2. The minimum atomic E-state index is 0.650. The standard InChI is InChI=1S/C17H20ClNS/c1-12-8-13(2)10-14(9-12)11-20-17-15(6-7-19)4-3-5-16(17)18/h3-5,8-10H,6-7,11,19H2,1-2H3. The van der Waals surface area contributed by atoms with Crippen LogP contribution >= 0.6 is 23.4 Å². The van der Waals surface area contributed by atoms with E-state index in [0.29, 0.717) is 6.54 Å². The maximum Gasteiger partial charge on any atom is 0.0544 e. The van der Waals surface area contributed by atoms with Crippen molar-refractivity contribution in [2.24, 2.45) is 5.73 Å². The van der Waals surface area contributed by atoms with Gasteiger partial charge in [0.1, 0.15) is 0 Å². The molecule has 0 aromatic heterocycles. The van der Waals surface area contributed by atoms with Crippen molar-refractivity contribution in [2.45, 2.75) is 30.9 Å². The van der Waals surface area contributed by atoms with E-state index in [1.54, 1.807) is 11.8 Å². The van der Waals surface area contributed by atoms with Crippen molar-refractivity contribution >= 4 is 23.4 Å². The zero-order valence-electron chi connectivity index (χ0n) is 11.9. The van der Waals surface area contributed by atoms with Gasteiger partial charge < -0.3 is 5.73 Å². The third kappa shape index (κ3) is 4.02. The van der Waals surface area contributed by atoms with Crippen molar-refractivity contribution < 1.29 is 0 Å². The van der Waals surface area contributed by atoms with Gasteiger partial charge >= 0.3 is 0 Å². The van der Waals surface area contributed by atoms with Gasteiger partial charge in [0.2, 0.25) is 0 Å². The van der Waals surface area contributed by atoms with Gasteiger partial charge in [0.25, 0.3) is 0 Å². The minimum absolute atomic E-state index is 0.650. The number of halogens is 1. The topological polar surface area (TPSA) is 26.0 Å². The first-order chi connectivity index (χ1) is 9.60. The largest absolute Gasteiger partial charge is 0.330 e. The SMILES string of the molecule is Cc1cc(C)cc(CSc2c(Cl)cccc2CCN)c1. The molecule has 106 valence electrons. The summed E-state index contributed by atoms with van der Waals surface area (Å²) in [5.41, 5.74) is 10.9. The van der Waals surface area contributed by atoms with Crippen LogP contribution in [0.4, 0.5) is 0 Å². The second-order valence-corrected chi connectivity index (χ2v) is 6.44. The van der Waals surface area contributed by atoms with E-state index in [2.05, 4.69) is 38.1 Å². The van der Waals surface area contributed by atoms with Gasteiger partial charge in [-0.15, -0.1) is 11.8 Å². The lowest BCUT2D eigenvalue weighted by molar-refractivity contribution is 0.944. The first kappa shape index (κ1) is 15.4. The van der Waals surface area contributed by atoms with Crippen molar-refractivity contribution in [2.75, 3.05) is 6.54 Å². The number of hydrogen-bond acceptors (Lipinski definition) is 2. The predicted octanol–water partition coefficient (Wildman–Crippen LogP) is 4.75. The highest BCUT2D eigenvalue weighted by Crippen LogP contribution is 2.33. The molecule has 0 radical (unpaired) electrons. The molecule has 3 heteroatoms. The van der Waals surface area contributed by atoms with Crippen molar-refractivity contribution in [3.8, 4) is 0 Å². The van der Waals surface area contributed by atoms with E-state index in [1.165, 1.54) is 27.1 Å². The summed E-state index contributed by atoms with van der Waals surface area (Å²) in [5.74, 6) is 0.934. The van der Waals surface area contributed by atoms with Gasteiger partial charge in [0.15, 0.2) is 0 Å². The molecule has 0 amide bonds. The summed E-state index contributed by atoms with van der Waals surface area (Å²) in [6.07, 6.45) is 0.871. The highest BCUT2D eigenvalue weighted by atomic mass is 35.5. The van der Waals surface area contributed by atoms with Crippen molar-refractivity contribution in [1.82, 2.24) is 0 Å². The molecular formula is C17H20ClNS. The second kappa shape index (κ2) is 7.16. The van der Waals surface area contributed by atoms with Gasteiger partial charge in [-0.25, -0.2) is 0 Å². The molecule has 0 aliphatic rings. The van der Waals surface area contributed by atoms with E-state index < -0.39 is 0 Å². The first-order valence-electron chi connectivity index (χ1n) is 6.77. The summed E-state index contributed by atoms with van der Waals surface area (Å²) in [6.45, 7) is 4.92. The molecule has 0 unspecified atom stereocenters. The molecule has 0 spiro atoms. The summed E-state index contributed by atoms with van der Waals surface area (Å²) in [5, 5.41) is 0.824. The predicted molar refractivity (Wildman–Crippen MR) is 89.7 cm³/mol. The molecule has 0 fully saturated rings. The Kier molecular flexibility index (Phi) is 5.53. The number of benzene rings is 2. The molecule has 0 heterocycles. The smallest absolute Gasteiger partial charge is 0.0544 e. The van der Waals surface area contributed by atoms with Crippen LogP contribution in [0.25, 0.3) is 0 Å². The third-order valence-electron chi connectivity index (χ3n) is 3.13. The summed E-state index contributed by atoms with van der Waals surface area (Å²) < 4.78 is 0. The Labute approximate surface area is 130 Å². The fraction of sp³-hybridized carbons (Fsp3) is 0.294. The molecule has 0 saturated heterocycles. The zero-order chi connectivity index (χ0) is 14.5. The molecule has 0 atom stereocenters. The summed E-state index contributed by atoms with van der Waals surface area (Å²) in [6, 6.07) is 12.7. The summed E-state index contributed by atoms with van der Waals surface area (Å²) >= 11 is 8.13. The normalized spacial score (nSPS) is 10.8. The van der Waals surface area contributed by atoms with Crippen LogP contribution in [0.2, 0.25) is 5.02 Å². The number of rotatable bonds is 5. The molecule has 1 nitrogen and oxygen atoms in total. The van der Waals surface area contributed by atoms with Gasteiger partial charge in [-0.1, -0.05) is 53.1 Å². The Bertz CT molecular complexity index is 575. The van der Waals surface area contributed by atoms with Crippen LogP contribution < -0.4 is 5.73 Å². The quantitative estimate of drug-likeness (QED) is 0.807. The zero-order valence-corrected chi connectivity index (χ0v) is 13.5. The first-order valence-corrected chi connectivity index (χ1v) is 8.14. The Hall–Kier alpha value is -0.960. The Morgan fingerprint density at radius 3 is 2.45 bits per heavy atom. The molecule has 0 bridgehead atoms. The second-order valence-electron chi connectivity index (χ2n) is 5.05. The van der Waals surface area contributed by atoms with Gasteiger partial charge in [-0.05, 0) is 44.0 Å². The van der Waals surface area contributed by atoms with Gasteiger partial charge in [-0.2, -0.15) is 0 Å². The Balaban J connectivity index is 2.18. The summed E-state index contributed by atoms with van der Waals surface area (Å²) in [7, 11) is 0. The Morgan fingerprint density at radius 2 is 1.80 bits per heavy atom. The van der Waals surface area contributed by atoms with Crippen molar-refractivity contribution in [3.63, 3.8) is 0 Å². The highest BCUT2D eigenvalue weighted by molar-refractivity contribution is 7.98. The molecule has 20 heavy (non-hydrogen) atoms. The van der Waals surface area contributed by atoms with Crippen LogP contribution in [0.5, 0.6) is 0 Å². The highest BCUT2D eigenvalue weighted by Gasteiger charge is 2.08. The van der Waals surface area contributed by atoms with E-state index >= 15 is 0 Å². The molecule has 2 N–H and O–H groups in total. The lowest BCUT2D eigenvalue weighted by atomic mass is 10.1. The molecule has 0 aliphatic heterocycles. The van der Waals surface area contributed by atoms with E-state index in [1.807, 2.05) is 12.1 Å². The van der Waals surface area contributed by atoms with Crippen molar-refractivity contribution in [3.05, 3.63) is 63.7 Å². The van der Waals surface area contributed by atoms with E-state index in [0.717, 1.165) is 17.2 Å². The maximum atomic E-state index is 6.33. The monoisotopic (exact) mass is 305 g/mol. The molecule has 2 aromatic carbocycles. The maximum absolute atomic E-state index is 6.33. The summed E-state index contributed by atoms with van der Waals surface area (Å²) in [4.78, 5) is 1.17. The molecule has 2 aromatic rings. The number of thioether (sulfide) groups is 1. The molecular weight excluding hydrogens is 286 g/mol. The third-order valence-corrected chi connectivity index (χ3v) is 4.80. The van der Waals surface area contributed by atoms with E-state index in [-0.39, 0.29) is 0 Å². The fourth-order valence-electron chi connectivity index (χ4n) is 2.38. The average Bonchev–Trinajstić information content (AvgIpc) is 2.37. The van der Waals surface area contributed by atoms with Crippen LogP contribution in [0.15, 0.2) is 41.3 Å². The molecule has 2 rings (SSSR count). The van der Waals surface area contributed by atoms with Crippen LogP contribution in [0.1, 0.15) is 22.3 Å². The van der Waals surface area contributed by atoms with Gasteiger partial charge in [-0.3, -0.25) is 0 Å². The number of nitrogens with two attached hydrogens (primary N) is 1. The molecule has 0 aliphatic carbocycles. The van der Waals surface area contributed by atoms with Gasteiger partial charge in [0.05, 0.1) is 5.02 Å². The Morgan fingerprint density at radius 1 is 1.10 bits per heavy atom. The van der Waals surface area contributed by atoms with E-state index in [4.69, 9.17) is 17.3 Å². The average molecular weight is 306 g/mol. The van der Waals surface area contributed by atoms with Crippen LogP contribution in [-0.2, 0) is 12.2 Å². The molecule has 0 saturated carbocycles. The lowest BCUT2D eigenvalue weighted by Crippen LogP contribution is -2.04.